The average Bonchev–Trinajstić information content (AvgIpc) is 2.53. The minimum Gasteiger partial charge on any atom is -0.494 e. The summed E-state index contributed by atoms with van der Waals surface area (Å²) in [6.07, 6.45) is -0.608. The third-order valence-electron chi connectivity index (χ3n) is 3.15. The third kappa shape index (κ3) is 5.49. The molecule has 2 aromatic rings. The van der Waals surface area contributed by atoms with Crippen molar-refractivity contribution in [2.75, 3.05) is 6.61 Å². The molecule has 0 heterocycles. The number of amides is 1. The standard InChI is InChI=1S/C18H20ClNO3/c1-3-22-16-8-4-6-14(10-16)12-20-18(21)13(2)23-17-9-5-7-15(19)11-17/h4-11,13H,3,12H2,1-2H3,(H,20,21)/t13-/m0/s1. The van der Waals surface area contributed by atoms with Gasteiger partial charge in [-0.05, 0) is 49.7 Å². The molecule has 1 N–H and O–H groups in total. The number of benzene rings is 2. The van der Waals surface area contributed by atoms with E-state index in [-0.39, 0.29) is 5.91 Å². The monoisotopic (exact) mass is 333 g/mol. The fourth-order valence-corrected chi connectivity index (χ4v) is 2.22. The first kappa shape index (κ1) is 17.2. The molecule has 0 bridgehead atoms. The van der Waals surface area contributed by atoms with Crippen LogP contribution in [-0.2, 0) is 11.3 Å². The molecule has 4 nitrogen and oxygen atoms in total. The highest BCUT2D eigenvalue weighted by molar-refractivity contribution is 6.30. The van der Waals surface area contributed by atoms with Gasteiger partial charge in [-0.3, -0.25) is 4.79 Å². The minimum absolute atomic E-state index is 0.188. The van der Waals surface area contributed by atoms with Crippen LogP contribution in [0, 0.1) is 0 Å². The molecule has 2 rings (SSSR count). The van der Waals surface area contributed by atoms with Crippen molar-refractivity contribution in [1.29, 1.82) is 0 Å². The lowest BCUT2D eigenvalue weighted by molar-refractivity contribution is -0.127. The van der Waals surface area contributed by atoms with Crippen LogP contribution in [-0.4, -0.2) is 18.6 Å². The Balaban J connectivity index is 1.87. The number of carbonyl (C=O) groups is 1. The molecule has 2 aromatic carbocycles. The summed E-state index contributed by atoms with van der Waals surface area (Å²) in [5.74, 6) is 1.17. The van der Waals surface area contributed by atoms with E-state index < -0.39 is 6.10 Å². The minimum atomic E-state index is -0.608. The van der Waals surface area contributed by atoms with E-state index in [0.717, 1.165) is 11.3 Å². The Morgan fingerprint density at radius 2 is 1.91 bits per heavy atom. The molecule has 0 unspecified atom stereocenters. The van der Waals surface area contributed by atoms with Crippen LogP contribution in [0.15, 0.2) is 48.5 Å². The van der Waals surface area contributed by atoms with Gasteiger partial charge in [-0.15, -0.1) is 0 Å². The third-order valence-corrected chi connectivity index (χ3v) is 3.39. The molecule has 0 saturated heterocycles. The predicted molar refractivity (Wildman–Crippen MR) is 91.0 cm³/mol. The van der Waals surface area contributed by atoms with Crippen LogP contribution in [0.5, 0.6) is 11.5 Å². The molecule has 0 fully saturated rings. The van der Waals surface area contributed by atoms with Crippen LogP contribution in [0.25, 0.3) is 0 Å². The number of hydrogen-bond acceptors (Lipinski definition) is 3. The zero-order valence-electron chi connectivity index (χ0n) is 13.2. The highest BCUT2D eigenvalue weighted by atomic mass is 35.5. The lowest BCUT2D eigenvalue weighted by atomic mass is 10.2. The van der Waals surface area contributed by atoms with Crippen molar-refractivity contribution >= 4 is 17.5 Å². The molecule has 0 radical (unpaired) electrons. The van der Waals surface area contributed by atoms with E-state index in [4.69, 9.17) is 21.1 Å². The van der Waals surface area contributed by atoms with Crippen LogP contribution < -0.4 is 14.8 Å². The van der Waals surface area contributed by atoms with Crippen LogP contribution in [0.4, 0.5) is 0 Å². The van der Waals surface area contributed by atoms with E-state index >= 15 is 0 Å². The summed E-state index contributed by atoms with van der Waals surface area (Å²) >= 11 is 5.90. The summed E-state index contributed by atoms with van der Waals surface area (Å²) in [7, 11) is 0. The summed E-state index contributed by atoms with van der Waals surface area (Å²) in [5, 5.41) is 3.42. The molecular weight excluding hydrogens is 314 g/mol. The van der Waals surface area contributed by atoms with E-state index in [1.165, 1.54) is 0 Å². The van der Waals surface area contributed by atoms with E-state index in [1.54, 1.807) is 31.2 Å². The van der Waals surface area contributed by atoms with Gasteiger partial charge in [-0.1, -0.05) is 29.8 Å². The van der Waals surface area contributed by atoms with Gasteiger partial charge in [0.1, 0.15) is 11.5 Å². The molecular formula is C18H20ClNO3. The Kier molecular flexibility index (Phi) is 6.29. The van der Waals surface area contributed by atoms with Gasteiger partial charge in [0.05, 0.1) is 6.61 Å². The van der Waals surface area contributed by atoms with E-state index in [1.807, 2.05) is 31.2 Å². The van der Waals surface area contributed by atoms with Gasteiger partial charge in [-0.2, -0.15) is 0 Å². The number of ether oxygens (including phenoxy) is 2. The van der Waals surface area contributed by atoms with Gasteiger partial charge in [0, 0.05) is 11.6 Å². The van der Waals surface area contributed by atoms with Crippen molar-refractivity contribution in [3.63, 3.8) is 0 Å². The normalized spacial score (nSPS) is 11.6. The average molecular weight is 334 g/mol. The molecule has 1 amide bonds. The molecule has 0 aliphatic heterocycles. The number of hydrogen-bond donors (Lipinski definition) is 1. The van der Waals surface area contributed by atoms with E-state index in [0.29, 0.717) is 23.9 Å². The van der Waals surface area contributed by atoms with Crippen molar-refractivity contribution in [3.8, 4) is 11.5 Å². The van der Waals surface area contributed by atoms with Gasteiger partial charge < -0.3 is 14.8 Å². The summed E-state index contributed by atoms with van der Waals surface area (Å²) in [6.45, 7) is 4.67. The number of carbonyl (C=O) groups excluding carboxylic acids is 1. The Labute approximate surface area is 141 Å². The number of nitrogens with one attached hydrogen (secondary N) is 1. The van der Waals surface area contributed by atoms with Crippen LogP contribution in [0.2, 0.25) is 5.02 Å². The summed E-state index contributed by atoms with van der Waals surface area (Å²) in [5.41, 5.74) is 0.972. The highest BCUT2D eigenvalue weighted by Gasteiger charge is 2.14. The topological polar surface area (TPSA) is 47.6 Å². The molecule has 0 saturated carbocycles. The van der Waals surface area contributed by atoms with Crippen LogP contribution in [0.1, 0.15) is 19.4 Å². The molecule has 23 heavy (non-hydrogen) atoms. The first-order valence-electron chi connectivity index (χ1n) is 7.50. The first-order chi connectivity index (χ1) is 11.1. The van der Waals surface area contributed by atoms with Gasteiger partial charge in [0.25, 0.3) is 5.91 Å². The quantitative estimate of drug-likeness (QED) is 0.837. The second-order valence-corrected chi connectivity index (χ2v) is 5.45. The van der Waals surface area contributed by atoms with Gasteiger partial charge >= 0.3 is 0 Å². The number of halogens is 1. The lowest BCUT2D eigenvalue weighted by Gasteiger charge is -2.15. The lowest BCUT2D eigenvalue weighted by Crippen LogP contribution is -2.35. The van der Waals surface area contributed by atoms with Gasteiger partial charge in [-0.25, -0.2) is 0 Å². The zero-order chi connectivity index (χ0) is 16.7. The van der Waals surface area contributed by atoms with Crippen molar-refractivity contribution in [1.82, 2.24) is 5.32 Å². The molecule has 122 valence electrons. The first-order valence-corrected chi connectivity index (χ1v) is 7.88. The van der Waals surface area contributed by atoms with Crippen molar-refractivity contribution in [3.05, 3.63) is 59.1 Å². The van der Waals surface area contributed by atoms with Gasteiger partial charge in [0.2, 0.25) is 0 Å². The molecule has 5 heteroatoms. The summed E-state index contributed by atoms with van der Waals surface area (Å²) < 4.78 is 11.0. The molecule has 0 aromatic heterocycles. The molecule has 0 aliphatic rings. The fourth-order valence-electron chi connectivity index (χ4n) is 2.04. The van der Waals surface area contributed by atoms with Crippen LogP contribution in [0.3, 0.4) is 0 Å². The molecule has 1 atom stereocenters. The highest BCUT2D eigenvalue weighted by Crippen LogP contribution is 2.18. The Morgan fingerprint density at radius 3 is 2.65 bits per heavy atom. The van der Waals surface area contributed by atoms with Crippen LogP contribution >= 0.6 is 11.6 Å². The van der Waals surface area contributed by atoms with Gasteiger partial charge in [0.15, 0.2) is 6.10 Å². The number of rotatable bonds is 7. The fraction of sp³-hybridized carbons (Fsp3) is 0.278. The second kappa shape index (κ2) is 8.44. The van der Waals surface area contributed by atoms with E-state index in [2.05, 4.69) is 5.32 Å². The van der Waals surface area contributed by atoms with Crippen molar-refractivity contribution in [2.45, 2.75) is 26.5 Å². The largest absolute Gasteiger partial charge is 0.494 e. The maximum absolute atomic E-state index is 12.1. The van der Waals surface area contributed by atoms with E-state index in [9.17, 15) is 4.79 Å². The second-order valence-electron chi connectivity index (χ2n) is 5.02. The summed E-state index contributed by atoms with van der Waals surface area (Å²) in [4.78, 5) is 12.1. The molecule has 0 spiro atoms. The van der Waals surface area contributed by atoms with Crippen molar-refractivity contribution < 1.29 is 14.3 Å². The predicted octanol–water partition coefficient (Wildman–Crippen LogP) is 3.82. The maximum Gasteiger partial charge on any atom is 0.261 e. The SMILES string of the molecule is CCOc1cccc(CNC(=O)[C@H](C)Oc2cccc(Cl)c2)c1. The Bertz CT molecular complexity index is 660. The zero-order valence-corrected chi connectivity index (χ0v) is 14.0. The molecule has 0 aliphatic carbocycles. The smallest absolute Gasteiger partial charge is 0.261 e. The summed E-state index contributed by atoms with van der Waals surface area (Å²) in [6, 6.07) is 14.6. The maximum atomic E-state index is 12.1. The Hall–Kier alpha value is -2.20. The Morgan fingerprint density at radius 1 is 1.17 bits per heavy atom. The van der Waals surface area contributed by atoms with Crippen molar-refractivity contribution in [2.24, 2.45) is 0 Å².